The van der Waals surface area contributed by atoms with E-state index < -0.39 is 0 Å². The lowest BCUT2D eigenvalue weighted by Gasteiger charge is -2.24. The highest BCUT2D eigenvalue weighted by Crippen LogP contribution is 2.31. The van der Waals surface area contributed by atoms with E-state index in [1.165, 1.54) is 5.56 Å². The van der Waals surface area contributed by atoms with Crippen LogP contribution >= 0.6 is 11.3 Å². The summed E-state index contributed by atoms with van der Waals surface area (Å²) in [6.07, 6.45) is 3.93. The van der Waals surface area contributed by atoms with Crippen LogP contribution < -0.4 is 4.90 Å². The van der Waals surface area contributed by atoms with Crippen LogP contribution in [0.5, 0.6) is 0 Å². The summed E-state index contributed by atoms with van der Waals surface area (Å²) in [7, 11) is 0. The average molecular weight is 442 g/mol. The highest BCUT2D eigenvalue weighted by molar-refractivity contribution is 7.16. The molecule has 5 aromatic rings. The van der Waals surface area contributed by atoms with Crippen LogP contribution in [0.1, 0.15) is 25.3 Å². The van der Waals surface area contributed by atoms with E-state index in [4.69, 9.17) is 0 Å². The number of nitrogens with zero attached hydrogens (tertiary/aromatic N) is 6. The van der Waals surface area contributed by atoms with Crippen molar-refractivity contribution < 1.29 is 0 Å². The van der Waals surface area contributed by atoms with Crippen molar-refractivity contribution in [2.45, 2.75) is 26.3 Å². The Morgan fingerprint density at radius 2 is 1.81 bits per heavy atom. The molecule has 160 valence electrons. The molecule has 3 aromatic heterocycles. The van der Waals surface area contributed by atoms with Gasteiger partial charge < -0.3 is 4.90 Å². The number of fused-ring (bicyclic) bond motifs is 1. The molecule has 5 rings (SSSR count). The third-order valence-corrected chi connectivity index (χ3v) is 6.31. The number of hydrogen-bond acceptors (Lipinski definition) is 7. The van der Waals surface area contributed by atoms with Crippen LogP contribution in [0, 0.1) is 0 Å². The molecule has 0 aliphatic rings. The van der Waals surface area contributed by atoms with Gasteiger partial charge in [0.05, 0.1) is 5.39 Å². The van der Waals surface area contributed by atoms with Crippen molar-refractivity contribution in [2.75, 3.05) is 11.4 Å². The van der Waals surface area contributed by atoms with Crippen molar-refractivity contribution in [1.82, 2.24) is 30.6 Å². The third kappa shape index (κ3) is 4.09. The van der Waals surface area contributed by atoms with Crippen LogP contribution in [0.25, 0.3) is 32.7 Å². The topological polar surface area (TPSA) is 83.5 Å². The molecule has 0 spiro atoms. The number of thiophene rings is 1. The Hall–Kier alpha value is -3.65. The molecule has 0 saturated carbocycles. The maximum atomic E-state index is 4.63. The molecule has 8 heteroatoms. The second-order valence-corrected chi connectivity index (χ2v) is 8.50. The van der Waals surface area contributed by atoms with E-state index in [0.29, 0.717) is 5.82 Å². The standard InChI is InChI=1S/C24H23N7S/c1-2-3-13-31(23-21-12-14-32-24(21)26-16-25-23)15-17-8-10-18(11-9-17)19-6-4-5-7-20(19)22-27-29-30-28-22/h4-12,14,16H,2-3,13,15H2,1H3,(H,27,28,29,30). The Labute approximate surface area is 190 Å². The number of hydrogen-bond donors (Lipinski definition) is 1. The van der Waals surface area contributed by atoms with Crippen molar-refractivity contribution in [3.05, 3.63) is 71.9 Å². The lowest BCUT2D eigenvalue weighted by atomic mass is 9.98. The van der Waals surface area contributed by atoms with Crippen LogP contribution in [0.2, 0.25) is 0 Å². The predicted molar refractivity (Wildman–Crippen MR) is 128 cm³/mol. The van der Waals surface area contributed by atoms with Crippen LogP contribution in [0.3, 0.4) is 0 Å². The molecule has 32 heavy (non-hydrogen) atoms. The molecule has 7 nitrogen and oxygen atoms in total. The van der Waals surface area contributed by atoms with Gasteiger partial charge in [-0.15, -0.1) is 16.4 Å². The van der Waals surface area contributed by atoms with E-state index in [1.807, 2.05) is 18.2 Å². The molecule has 0 radical (unpaired) electrons. The maximum Gasteiger partial charge on any atom is 0.180 e. The van der Waals surface area contributed by atoms with E-state index in [1.54, 1.807) is 17.7 Å². The fourth-order valence-electron chi connectivity index (χ4n) is 3.86. The van der Waals surface area contributed by atoms with Crippen molar-refractivity contribution in [3.8, 4) is 22.5 Å². The first-order chi connectivity index (χ1) is 15.8. The van der Waals surface area contributed by atoms with E-state index in [9.17, 15) is 0 Å². The van der Waals surface area contributed by atoms with Crippen molar-refractivity contribution in [1.29, 1.82) is 0 Å². The van der Waals surface area contributed by atoms with Crippen molar-refractivity contribution in [3.63, 3.8) is 0 Å². The first-order valence-corrected chi connectivity index (χ1v) is 11.6. The lowest BCUT2D eigenvalue weighted by Crippen LogP contribution is -2.25. The fourth-order valence-corrected chi connectivity index (χ4v) is 4.59. The van der Waals surface area contributed by atoms with Crippen LogP contribution in [-0.2, 0) is 6.54 Å². The molecule has 0 aliphatic carbocycles. The smallest absolute Gasteiger partial charge is 0.180 e. The predicted octanol–water partition coefficient (Wildman–Crippen LogP) is 5.35. The molecule has 1 N–H and O–H groups in total. The number of H-pyrrole nitrogens is 1. The number of benzene rings is 2. The van der Waals surface area contributed by atoms with Gasteiger partial charge in [-0.05, 0) is 45.0 Å². The molecule has 2 aromatic carbocycles. The Bertz CT molecular complexity index is 1300. The summed E-state index contributed by atoms with van der Waals surface area (Å²) in [6, 6.07) is 19.0. The summed E-state index contributed by atoms with van der Waals surface area (Å²) in [6.45, 7) is 3.98. The zero-order valence-corrected chi connectivity index (χ0v) is 18.6. The average Bonchev–Trinajstić information content (AvgIpc) is 3.54. The van der Waals surface area contributed by atoms with Crippen LogP contribution in [0.15, 0.2) is 66.3 Å². The number of anilines is 1. The maximum absolute atomic E-state index is 4.63. The van der Waals surface area contributed by atoms with Gasteiger partial charge in [0.2, 0.25) is 0 Å². The second-order valence-electron chi connectivity index (χ2n) is 7.60. The molecule has 0 unspecified atom stereocenters. The van der Waals surface area contributed by atoms with Gasteiger partial charge in [-0.2, -0.15) is 0 Å². The minimum absolute atomic E-state index is 0.666. The van der Waals surface area contributed by atoms with Gasteiger partial charge in [0.25, 0.3) is 0 Å². The minimum atomic E-state index is 0.666. The molecule has 0 amide bonds. The Balaban J connectivity index is 1.43. The van der Waals surface area contributed by atoms with E-state index in [-0.39, 0.29) is 0 Å². The lowest BCUT2D eigenvalue weighted by molar-refractivity contribution is 0.709. The summed E-state index contributed by atoms with van der Waals surface area (Å²) in [5.74, 6) is 1.68. The van der Waals surface area contributed by atoms with Gasteiger partial charge >= 0.3 is 0 Å². The number of nitrogens with one attached hydrogen (secondary N) is 1. The second kappa shape index (κ2) is 9.23. The van der Waals surface area contributed by atoms with E-state index in [2.05, 4.69) is 84.2 Å². The van der Waals surface area contributed by atoms with Crippen LogP contribution in [0.4, 0.5) is 5.82 Å². The highest BCUT2D eigenvalue weighted by atomic mass is 32.1. The largest absolute Gasteiger partial charge is 0.352 e. The number of rotatable bonds is 8. The van der Waals surface area contributed by atoms with Gasteiger partial charge in [-0.3, -0.25) is 0 Å². The molecule has 0 bridgehead atoms. The first kappa shape index (κ1) is 20.3. The quantitative estimate of drug-likeness (QED) is 0.350. The Morgan fingerprint density at radius 1 is 0.969 bits per heavy atom. The monoisotopic (exact) mass is 441 g/mol. The van der Waals surface area contributed by atoms with Gasteiger partial charge in [0, 0.05) is 18.7 Å². The number of aromatic nitrogens is 6. The molecule has 0 saturated heterocycles. The van der Waals surface area contributed by atoms with Crippen molar-refractivity contribution >= 4 is 27.4 Å². The summed E-state index contributed by atoms with van der Waals surface area (Å²) in [4.78, 5) is 12.4. The normalized spacial score (nSPS) is 11.2. The summed E-state index contributed by atoms with van der Waals surface area (Å²) < 4.78 is 0. The Kier molecular flexibility index (Phi) is 5.85. The zero-order chi connectivity index (χ0) is 21.8. The minimum Gasteiger partial charge on any atom is -0.352 e. The highest BCUT2D eigenvalue weighted by Gasteiger charge is 2.14. The summed E-state index contributed by atoms with van der Waals surface area (Å²) in [5, 5.41) is 17.6. The molecule has 3 heterocycles. The van der Waals surface area contributed by atoms with E-state index in [0.717, 1.165) is 58.7 Å². The molecular weight excluding hydrogens is 418 g/mol. The number of aromatic amines is 1. The molecule has 0 aliphatic heterocycles. The van der Waals surface area contributed by atoms with Gasteiger partial charge in [-0.25, -0.2) is 15.1 Å². The number of unbranched alkanes of at least 4 members (excludes halogenated alkanes) is 1. The Morgan fingerprint density at radius 3 is 2.59 bits per heavy atom. The van der Waals surface area contributed by atoms with Gasteiger partial charge in [0.15, 0.2) is 5.82 Å². The SMILES string of the molecule is CCCCN(Cc1ccc(-c2ccccc2-c2nnn[nH]2)cc1)c1ncnc2sccc12. The summed E-state index contributed by atoms with van der Waals surface area (Å²) >= 11 is 1.65. The molecule has 0 fully saturated rings. The third-order valence-electron chi connectivity index (χ3n) is 5.49. The van der Waals surface area contributed by atoms with Gasteiger partial charge in [-0.1, -0.05) is 61.9 Å². The summed E-state index contributed by atoms with van der Waals surface area (Å²) in [5.41, 5.74) is 4.45. The van der Waals surface area contributed by atoms with Crippen LogP contribution in [-0.4, -0.2) is 37.1 Å². The zero-order valence-electron chi connectivity index (χ0n) is 17.8. The molecular formula is C24H23N7S. The molecule has 0 atom stereocenters. The first-order valence-electron chi connectivity index (χ1n) is 10.7. The van der Waals surface area contributed by atoms with Crippen molar-refractivity contribution in [2.24, 2.45) is 0 Å². The fraction of sp³-hybridized carbons (Fsp3) is 0.208. The van der Waals surface area contributed by atoms with E-state index >= 15 is 0 Å². The number of tetrazole rings is 1. The van der Waals surface area contributed by atoms with Gasteiger partial charge in [0.1, 0.15) is 17.0 Å².